The van der Waals surface area contributed by atoms with Crippen LogP contribution in [0.25, 0.3) is 0 Å². The molecule has 1 saturated heterocycles. The summed E-state index contributed by atoms with van der Waals surface area (Å²) in [4.78, 5) is 15.5. The van der Waals surface area contributed by atoms with Crippen molar-refractivity contribution in [1.82, 2.24) is 9.47 Å². The summed E-state index contributed by atoms with van der Waals surface area (Å²) in [6.07, 6.45) is 8.59. The largest absolute Gasteiger partial charge is 0.490 e. The van der Waals surface area contributed by atoms with Crippen LogP contribution in [0.1, 0.15) is 45.6 Å². The van der Waals surface area contributed by atoms with Crippen molar-refractivity contribution >= 4 is 11.6 Å². The van der Waals surface area contributed by atoms with Gasteiger partial charge in [-0.1, -0.05) is 32.4 Å². The van der Waals surface area contributed by atoms with Gasteiger partial charge in [0.15, 0.2) is 0 Å². The molecule has 1 aromatic heterocycles. The lowest BCUT2D eigenvalue weighted by Gasteiger charge is -2.26. The third-order valence-electron chi connectivity index (χ3n) is 5.24. The van der Waals surface area contributed by atoms with E-state index in [2.05, 4.69) is 24.1 Å². The molecule has 2 aromatic rings. The predicted molar refractivity (Wildman–Crippen MR) is 114 cm³/mol. The van der Waals surface area contributed by atoms with E-state index in [1.807, 2.05) is 53.4 Å². The Morgan fingerprint density at radius 3 is 2.50 bits per heavy atom. The van der Waals surface area contributed by atoms with Gasteiger partial charge in [0.2, 0.25) is 5.91 Å². The monoisotopic (exact) mass is 383 g/mol. The number of para-hydroxylation sites is 2. The van der Waals surface area contributed by atoms with Crippen molar-refractivity contribution < 1.29 is 9.53 Å². The van der Waals surface area contributed by atoms with Crippen molar-refractivity contribution in [3.05, 3.63) is 48.8 Å². The number of hydrogen-bond donors (Lipinski definition) is 1. The highest BCUT2D eigenvalue weighted by Crippen LogP contribution is 2.26. The molecule has 0 bridgehead atoms. The molecule has 0 saturated carbocycles. The van der Waals surface area contributed by atoms with Gasteiger partial charge in [-0.3, -0.25) is 9.69 Å². The van der Waals surface area contributed by atoms with Gasteiger partial charge in [0.1, 0.15) is 18.4 Å². The maximum absolute atomic E-state index is 13.0. The molecule has 152 valence electrons. The van der Waals surface area contributed by atoms with Gasteiger partial charge in [0.05, 0.1) is 5.69 Å². The van der Waals surface area contributed by atoms with Crippen molar-refractivity contribution in [2.45, 2.75) is 45.6 Å². The molecule has 5 heteroatoms. The van der Waals surface area contributed by atoms with Gasteiger partial charge in [-0.15, -0.1) is 0 Å². The molecule has 1 fully saturated rings. The van der Waals surface area contributed by atoms with Crippen molar-refractivity contribution in [3.8, 4) is 5.75 Å². The molecular weight excluding hydrogens is 350 g/mol. The second-order valence-electron chi connectivity index (χ2n) is 8.01. The van der Waals surface area contributed by atoms with E-state index in [1.54, 1.807) is 0 Å². The number of piperidine rings is 1. The summed E-state index contributed by atoms with van der Waals surface area (Å²) in [6.45, 7) is 8.18. The SMILES string of the molecule is CC(C)CC(C(=O)Nc1ccccc1OCCN1CCCCC1)n1cccc1. The first-order chi connectivity index (χ1) is 13.6. The summed E-state index contributed by atoms with van der Waals surface area (Å²) in [7, 11) is 0. The minimum Gasteiger partial charge on any atom is -0.490 e. The number of nitrogens with zero attached hydrogens (tertiary/aromatic N) is 2. The Labute approximate surface area is 168 Å². The topological polar surface area (TPSA) is 46.5 Å². The number of anilines is 1. The van der Waals surface area contributed by atoms with Gasteiger partial charge >= 0.3 is 0 Å². The number of amides is 1. The molecule has 1 aliphatic rings. The molecule has 1 atom stereocenters. The second-order valence-corrected chi connectivity index (χ2v) is 8.01. The van der Waals surface area contributed by atoms with Gasteiger partial charge in [-0.25, -0.2) is 0 Å². The third kappa shape index (κ3) is 5.86. The van der Waals surface area contributed by atoms with Gasteiger partial charge in [0, 0.05) is 18.9 Å². The Morgan fingerprint density at radius 1 is 1.07 bits per heavy atom. The molecule has 2 heterocycles. The number of aromatic nitrogens is 1. The van der Waals surface area contributed by atoms with Crippen LogP contribution in [-0.2, 0) is 4.79 Å². The third-order valence-corrected chi connectivity index (χ3v) is 5.24. The Hall–Kier alpha value is -2.27. The van der Waals surface area contributed by atoms with Gasteiger partial charge < -0.3 is 14.6 Å². The summed E-state index contributed by atoms with van der Waals surface area (Å²) >= 11 is 0. The first kappa shape index (κ1) is 20.5. The van der Waals surface area contributed by atoms with E-state index in [0.717, 1.165) is 37.5 Å². The molecule has 1 N–H and O–H groups in total. The molecule has 1 aliphatic heterocycles. The van der Waals surface area contributed by atoms with E-state index in [-0.39, 0.29) is 11.9 Å². The van der Waals surface area contributed by atoms with Crippen LogP contribution in [0.5, 0.6) is 5.75 Å². The summed E-state index contributed by atoms with van der Waals surface area (Å²) in [6, 6.07) is 11.4. The van der Waals surface area contributed by atoms with Crippen LogP contribution in [0.2, 0.25) is 0 Å². The fraction of sp³-hybridized carbons (Fsp3) is 0.522. The average Bonchev–Trinajstić information content (AvgIpc) is 3.22. The Morgan fingerprint density at radius 2 is 1.79 bits per heavy atom. The molecule has 1 aromatic carbocycles. The number of carbonyl (C=O) groups excluding carboxylic acids is 1. The Kier molecular flexibility index (Phi) is 7.54. The number of rotatable bonds is 9. The lowest BCUT2D eigenvalue weighted by atomic mass is 10.0. The number of likely N-dealkylation sites (tertiary alicyclic amines) is 1. The first-order valence-electron chi connectivity index (χ1n) is 10.5. The number of ether oxygens (including phenoxy) is 1. The highest BCUT2D eigenvalue weighted by molar-refractivity contribution is 5.95. The summed E-state index contributed by atoms with van der Waals surface area (Å²) in [5.74, 6) is 1.16. The van der Waals surface area contributed by atoms with E-state index < -0.39 is 0 Å². The van der Waals surface area contributed by atoms with E-state index >= 15 is 0 Å². The molecule has 0 spiro atoms. The molecule has 3 rings (SSSR count). The predicted octanol–water partition coefficient (Wildman–Crippen LogP) is 4.58. The summed E-state index contributed by atoms with van der Waals surface area (Å²) < 4.78 is 8.01. The molecule has 0 aliphatic carbocycles. The minimum atomic E-state index is -0.226. The Bertz CT molecular complexity index is 721. The van der Waals surface area contributed by atoms with Crippen LogP contribution in [0.4, 0.5) is 5.69 Å². The zero-order valence-corrected chi connectivity index (χ0v) is 17.1. The van der Waals surface area contributed by atoms with E-state index in [4.69, 9.17) is 4.74 Å². The molecule has 28 heavy (non-hydrogen) atoms. The standard InChI is InChI=1S/C23H33N3O2/c1-19(2)18-21(26-14-8-9-15-26)23(27)24-20-10-4-5-11-22(20)28-17-16-25-12-6-3-7-13-25/h4-5,8-11,14-15,19,21H,3,6-7,12-13,16-18H2,1-2H3,(H,24,27). The second kappa shape index (κ2) is 10.3. The maximum Gasteiger partial charge on any atom is 0.247 e. The average molecular weight is 384 g/mol. The van der Waals surface area contributed by atoms with Gasteiger partial charge in [-0.2, -0.15) is 0 Å². The van der Waals surface area contributed by atoms with Crippen LogP contribution in [0.15, 0.2) is 48.8 Å². The maximum atomic E-state index is 13.0. The van der Waals surface area contributed by atoms with Crippen molar-refractivity contribution in [2.24, 2.45) is 5.92 Å². The van der Waals surface area contributed by atoms with Crippen molar-refractivity contribution in [1.29, 1.82) is 0 Å². The van der Waals surface area contributed by atoms with Crippen molar-refractivity contribution in [2.75, 3.05) is 31.6 Å². The highest BCUT2D eigenvalue weighted by atomic mass is 16.5. The lowest BCUT2D eigenvalue weighted by molar-refractivity contribution is -0.119. The first-order valence-corrected chi connectivity index (χ1v) is 10.5. The molecular formula is C23H33N3O2. The van der Waals surface area contributed by atoms with Crippen LogP contribution >= 0.6 is 0 Å². The fourth-order valence-electron chi connectivity index (χ4n) is 3.75. The zero-order valence-electron chi connectivity index (χ0n) is 17.1. The van der Waals surface area contributed by atoms with Crippen LogP contribution in [0.3, 0.4) is 0 Å². The van der Waals surface area contributed by atoms with Gasteiger partial charge in [0.25, 0.3) is 0 Å². The number of nitrogens with one attached hydrogen (secondary N) is 1. The molecule has 1 amide bonds. The summed E-state index contributed by atoms with van der Waals surface area (Å²) in [5, 5.41) is 3.09. The lowest BCUT2D eigenvalue weighted by Crippen LogP contribution is -2.33. The van der Waals surface area contributed by atoms with E-state index in [0.29, 0.717) is 12.5 Å². The quantitative estimate of drug-likeness (QED) is 0.689. The highest BCUT2D eigenvalue weighted by Gasteiger charge is 2.22. The normalized spacial score (nSPS) is 16.1. The summed E-state index contributed by atoms with van der Waals surface area (Å²) in [5.41, 5.74) is 0.743. The zero-order chi connectivity index (χ0) is 19.8. The van der Waals surface area contributed by atoms with Crippen LogP contribution < -0.4 is 10.1 Å². The van der Waals surface area contributed by atoms with Crippen LogP contribution in [0, 0.1) is 5.92 Å². The minimum absolute atomic E-state index is 0.00280. The van der Waals surface area contributed by atoms with Crippen molar-refractivity contribution in [3.63, 3.8) is 0 Å². The van der Waals surface area contributed by atoms with Crippen LogP contribution in [-0.4, -0.2) is 41.6 Å². The number of carbonyl (C=O) groups is 1. The van der Waals surface area contributed by atoms with E-state index in [9.17, 15) is 4.79 Å². The molecule has 0 radical (unpaired) electrons. The van der Waals surface area contributed by atoms with Gasteiger partial charge in [-0.05, 0) is 62.5 Å². The number of benzene rings is 1. The molecule has 1 unspecified atom stereocenters. The molecule has 5 nitrogen and oxygen atoms in total. The number of hydrogen-bond acceptors (Lipinski definition) is 3. The fourth-order valence-corrected chi connectivity index (χ4v) is 3.75. The smallest absolute Gasteiger partial charge is 0.247 e. The van der Waals surface area contributed by atoms with E-state index in [1.165, 1.54) is 19.3 Å². The Balaban J connectivity index is 1.61.